The number of unbranched alkanes of at least 4 members (excludes halogenated alkanes) is 11. The summed E-state index contributed by atoms with van der Waals surface area (Å²) < 4.78 is 11.8. The van der Waals surface area contributed by atoms with E-state index in [2.05, 4.69) is 21.0 Å². The van der Waals surface area contributed by atoms with E-state index >= 15 is 0 Å². The zero-order valence-electron chi connectivity index (χ0n) is 16.9. The number of nitrogens with zero attached hydrogens (tertiary/aromatic N) is 1. The Hall–Kier alpha value is 0.400. The molecule has 25 heavy (non-hydrogen) atoms. The second-order valence-corrected chi connectivity index (χ2v) is 9.79. The summed E-state index contributed by atoms with van der Waals surface area (Å²) >= 11 is 0. The Kier molecular flexibility index (Phi) is 18.3. The molecule has 0 saturated carbocycles. The van der Waals surface area contributed by atoms with Crippen molar-refractivity contribution in [3.05, 3.63) is 0 Å². The number of hydrogen-bond acceptors (Lipinski definition) is 1. The molecule has 0 bridgehead atoms. The van der Waals surface area contributed by atoms with Gasteiger partial charge in [0.25, 0.3) is 0 Å². The molecule has 0 radical (unpaired) electrons. The van der Waals surface area contributed by atoms with Gasteiger partial charge in [-0.1, -0.05) is 71.1 Å². The van der Waals surface area contributed by atoms with Crippen molar-refractivity contribution in [2.45, 2.75) is 90.4 Å². The van der Waals surface area contributed by atoms with Crippen molar-refractivity contribution in [3.8, 4) is 0 Å². The van der Waals surface area contributed by atoms with Gasteiger partial charge in [0, 0.05) is 6.42 Å². The van der Waals surface area contributed by atoms with Crippen LogP contribution in [0.15, 0.2) is 0 Å². The van der Waals surface area contributed by atoms with E-state index in [4.69, 9.17) is 9.79 Å². The van der Waals surface area contributed by atoms with Crippen LogP contribution in [0.4, 0.5) is 0 Å². The van der Waals surface area contributed by atoms with E-state index in [1.165, 1.54) is 77.0 Å². The third-order valence-corrected chi connectivity index (χ3v) is 5.73. The van der Waals surface area contributed by atoms with Gasteiger partial charge in [-0.2, -0.15) is 0 Å². The molecule has 0 aliphatic rings. The van der Waals surface area contributed by atoms with Gasteiger partial charge in [-0.15, -0.1) is 0 Å². The van der Waals surface area contributed by atoms with Crippen molar-refractivity contribution >= 4 is 7.60 Å². The molecular formula is C19H43ClNO3P. The van der Waals surface area contributed by atoms with Crippen molar-refractivity contribution in [1.29, 1.82) is 0 Å². The van der Waals surface area contributed by atoms with Gasteiger partial charge in [0.2, 0.25) is 0 Å². The van der Waals surface area contributed by atoms with Crippen LogP contribution < -0.4 is 12.4 Å². The largest absolute Gasteiger partial charge is 1.00 e. The predicted octanol–water partition coefficient (Wildman–Crippen LogP) is 2.34. The molecular weight excluding hydrogens is 357 g/mol. The average molecular weight is 400 g/mol. The van der Waals surface area contributed by atoms with E-state index in [0.29, 0.717) is 6.42 Å². The molecule has 0 spiro atoms. The van der Waals surface area contributed by atoms with Crippen molar-refractivity contribution in [2.24, 2.45) is 0 Å². The first-order valence-corrected chi connectivity index (χ1v) is 11.9. The maximum atomic E-state index is 10.9. The molecule has 0 unspecified atom stereocenters. The molecule has 0 aromatic rings. The Bertz CT molecular complexity index is 335. The van der Waals surface area contributed by atoms with Gasteiger partial charge in [0.1, 0.15) is 0 Å². The molecule has 0 rings (SSSR count). The topological polar surface area (TPSA) is 57.5 Å². The summed E-state index contributed by atoms with van der Waals surface area (Å²) in [4.78, 5) is 17.8. The van der Waals surface area contributed by atoms with Crippen LogP contribution in [0.5, 0.6) is 0 Å². The van der Waals surface area contributed by atoms with E-state index in [1.807, 2.05) is 0 Å². The normalized spacial score (nSPS) is 12.2. The first-order chi connectivity index (χ1) is 11.3. The van der Waals surface area contributed by atoms with Crippen LogP contribution in [0.3, 0.4) is 0 Å². The lowest BCUT2D eigenvalue weighted by Crippen LogP contribution is -3.00. The van der Waals surface area contributed by atoms with Crippen molar-refractivity contribution in [3.63, 3.8) is 0 Å². The fourth-order valence-corrected chi connectivity index (χ4v) is 3.75. The molecule has 0 aliphatic heterocycles. The first-order valence-electron chi connectivity index (χ1n) is 10.1. The summed E-state index contributed by atoms with van der Waals surface area (Å²) in [5, 5.41) is 0. The molecule has 0 saturated heterocycles. The molecule has 0 heterocycles. The van der Waals surface area contributed by atoms with Crippen molar-refractivity contribution in [1.82, 2.24) is 0 Å². The zero-order chi connectivity index (χ0) is 18.3. The third-order valence-electron chi connectivity index (χ3n) is 4.83. The van der Waals surface area contributed by atoms with Gasteiger partial charge in [-0.05, 0) is 12.8 Å². The van der Waals surface area contributed by atoms with E-state index in [0.717, 1.165) is 17.6 Å². The van der Waals surface area contributed by atoms with Gasteiger partial charge in [-0.3, -0.25) is 4.57 Å². The highest BCUT2D eigenvalue weighted by Gasteiger charge is 2.18. The van der Waals surface area contributed by atoms with Crippen LogP contribution in [0.2, 0.25) is 0 Å². The fraction of sp³-hybridized carbons (Fsp3) is 1.00. The van der Waals surface area contributed by atoms with Crippen LogP contribution in [0.1, 0.15) is 90.4 Å². The lowest BCUT2D eigenvalue weighted by atomic mass is 10.1. The maximum Gasteiger partial charge on any atom is 0.325 e. The molecule has 0 aromatic carbocycles. The van der Waals surface area contributed by atoms with E-state index < -0.39 is 7.60 Å². The average Bonchev–Trinajstić information content (AvgIpc) is 2.46. The highest BCUT2D eigenvalue weighted by Crippen LogP contribution is 2.35. The summed E-state index contributed by atoms with van der Waals surface area (Å²) in [5.74, 6) is 0. The minimum Gasteiger partial charge on any atom is -1.00 e. The van der Waals surface area contributed by atoms with Crippen LogP contribution in [0.25, 0.3) is 0 Å². The standard InChI is InChI=1S/C19H42NO3P.ClH/c1-4-5-6-7-8-9-10-11-12-13-14-15-17-20(2,3)18-16-19-24(21,22)23;/h4-19H2,1-3H3,(H-,21,22,23);1H. The van der Waals surface area contributed by atoms with Gasteiger partial charge in [0.05, 0.1) is 33.3 Å². The fourth-order valence-electron chi connectivity index (χ4n) is 3.20. The lowest BCUT2D eigenvalue weighted by Gasteiger charge is -2.30. The van der Waals surface area contributed by atoms with Crippen LogP contribution in [0, 0.1) is 0 Å². The minimum atomic E-state index is -3.82. The summed E-state index contributed by atoms with van der Waals surface area (Å²) in [5.41, 5.74) is 0. The minimum absolute atomic E-state index is 0. The van der Waals surface area contributed by atoms with Gasteiger partial charge in [0.15, 0.2) is 0 Å². The van der Waals surface area contributed by atoms with Crippen molar-refractivity contribution < 1.29 is 31.2 Å². The molecule has 154 valence electrons. The molecule has 0 atom stereocenters. The second-order valence-electron chi connectivity index (χ2n) is 8.01. The quantitative estimate of drug-likeness (QED) is 0.224. The Morgan fingerprint density at radius 3 is 1.44 bits per heavy atom. The van der Waals surface area contributed by atoms with Crippen LogP contribution in [-0.2, 0) is 4.57 Å². The van der Waals surface area contributed by atoms with E-state index in [1.54, 1.807) is 0 Å². The highest BCUT2D eigenvalue weighted by atomic mass is 35.5. The number of quaternary nitrogens is 1. The summed E-state index contributed by atoms with van der Waals surface area (Å²) in [6.45, 7) is 4.23. The van der Waals surface area contributed by atoms with Gasteiger partial charge in [-0.25, -0.2) is 0 Å². The summed E-state index contributed by atoms with van der Waals surface area (Å²) in [7, 11) is 0.510. The van der Waals surface area contributed by atoms with Gasteiger partial charge >= 0.3 is 7.60 Å². The number of halogens is 1. The van der Waals surface area contributed by atoms with Crippen LogP contribution >= 0.6 is 7.60 Å². The summed E-state index contributed by atoms with van der Waals surface area (Å²) in [6, 6.07) is 0. The molecule has 0 fully saturated rings. The maximum absolute atomic E-state index is 10.9. The molecule has 4 nitrogen and oxygen atoms in total. The van der Waals surface area contributed by atoms with Crippen molar-refractivity contribution in [2.75, 3.05) is 33.3 Å². The highest BCUT2D eigenvalue weighted by molar-refractivity contribution is 7.51. The predicted molar refractivity (Wildman–Crippen MR) is 104 cm³/mol. The molecule has 6 heteroatoms. The smallest absolute Gasteiger partial charge is 0.325 e. The third kappa shape index (κ3) is 22.4. The molecule has 0 aliphatic carbocycles. The Labute approximate surface area is 162 Å². The Morgan fingerprint density at radius 2 is 1.04 bits per heavy atom. The Balaban J connectivity index is 0. The molecule has 0 aromatic heterocycles. The number of rotatable bonds is 17. The summed E-state index contributed by atoms with van der Waals surface area (Å²) in [6.07, 6.45) is 17.0. The number of hydrogen-bond donors (Lipinski definition) is 2. The zero-order valence-corrected chi connectivity index (χ0v) is 18.5. The Morgan fingerprint density at radius 1 is 0.680 bits per heavy atom. The molecule has 0 amide bonds. The lowest BCUT2D eigenvalue weighted by molar-refractivity contribution is -0.890. The van der Waals surface area contributed by atoms with E-state index in [9.17, 15) is 4.57 Å². The monoisotopic (exact) mass is 399 g/mol. The van der Waals surface area contributed by atoms with Crippen LogP contribution in [-0.4, -0.2) is 47.6 Å². The van der Waals surface area contributed by atoms with E-state index in [-0.39, 0.29) is 18.6 Å². The second kappa shape index (κ2) is 16.6. The van der Waals surface area contributed by atoms with Gasteiger partial charge < -0.3 is 26.7 Å². The SMILES string of the molecule is CCCCCCCCCCCCCC[N+](C)(C)CCCP(=O)(O)O.[Cl-]. The molecule has 2 N–H and O–H groups in total. The first kappa shape index (κ1) is 27.6.